The molecular weight excluding hydrogens is 277 g/mol. The maximum absolute atomic E-state index is 6.28. The summed E-state index contributed by atoms with van der Waals surface area (Å²) in [5.74, 6) is 0.682. The van der Waals surface area contributed by atoms with E-state index in [1.807, 2.05) is 18.2 Å². The van der Waals surface area contributed by atoms with E-state index in [0.717, 1.165) is 35.0 Å². The molecule has 1 atom stereocenters. The van der Waals surface area contributed by atoms with Crippen LogP contribution in [0.2, 0.25) is 10.0 Å². The Labute approximate surface area is 127 Å². The molecule has 1 nitrogen and oxygen atoms in total. The Kier molecular flexibility index (Phi) is 7.82. The molecule has 0 aliphatic rings. The van der Waals surface area contributed by atoms with Gasteiger partial charge in [0.1, 0.15) is 0 Å². The zero-order valence-corrected chi connectivity index (χ0v) is 13.7. The Morgan fingerprint density at radius 1 is 1.11 bits per heavy atom. The molecule has 0 aromatic heterocycles. The van der Waals surface area contributed by atoms with Crippen LogP contribution in [0.3, 0.4) is 0 Å². The molecule has 19 heavy (non-hydrogen) atoms. The van der Waals surface area contributed by atoms with E-state index in [-0.39, 0.29) is 0 Å². The summed E-state index contributed by atoms with van der Waals surface area (Å²) in [6.07, 6.45) is 4.48. The highest BCUT2D eigenvalue weighted by Gasteiger charge is 2.19. The molecule has 0 radical (unpaired) electrons. The molecule has 0 fully saturated rings. The van der Waals surface area contributed by atoms with Crippen LogP contribution in [0.25, 0.3) is 0 Å². The Hall–Kier alpha value is -0.240. The van der Waals surface area contributed by atoms with Crippen molar-refractivity contribution >= 4 is 23.2 Å². The second-order valence-corrected chi connectivity index (χ2v) is 5.92. The summed E-state index contributed by atoms with van der Waals surface area (Å²) in [5, 5.41) is 5.25. The molecule has 0 aliphatic carbocycles. The molecule has 1 N–H and O–H groups in total. The maximum atomic E-state index is 6.28. The van der Waals surface area contributed by atoms with Gasteiger partial charge >= 0.3 is 0 Å². The van der Waals surface area contributed by atoms with E-state index in [1.165, 1.54) is 12.8 Å². The van der Waals surface area contributed by atoms with Crippen molar-refractivity contribution in [1.29, 1.82) is 0 Å². The smallest absolute Gasteiger partial charge is 0.0439 e. The molecule has 0 amide bonds. The van der Waals surface area contributed by atoms with E-state index in [0.29, 0.717) is 12.0 Å². The third kappa shape index (κ3) is 5.33. The first-order valence-corrected chi connectivity index (χ1v) is 8.05. The van der Waals surface area contributed by atoms with Gasteiger partial charge in [-0.2, -0.15) is 0 Å². The Morgan fingerprint density at radius 3 is 2.37 bits per heavy atom. The quantitative estimate of drug-likeness (QED) is 0.683. The molecule has 3 heteroatoms. The lowest BCUT2D eigenvalue weighted by Crippen LogP contribution is -2.38. The van der Waals surface area contributed by atoms with Gasteiger partial charge < -0.3 is 5.32 Å². The van der Waals surface area contributed by atoms with Crippen molar-refractivity contribution in [2.45, 2.75) is 52.5 Å². The van der Waals surface area contributed by atoms with Gasteiger partial charge in [0.15, 0.2) is 0 Å². The van der Waals surface area contributed by atoms with Crippen LogP contribution in [0.15, 0.2) is 18.2 Å². The van der Waals surface area contributed by atoms with Crippen molar-refractivity contribution in [2.24, 2.45) is 5.92 Å². The maximum Gasteiger partial charge on any atom is 0.0439 e. The van der Waals surface area contributed by atoms with Gasteiger partial charge in [0.05, 0.1) is 0 Å². The first kappa shape index (κ1) is 16.8. The van der Waals surface area contributed by atoms with Crippen LogP contribution >= 0.6 is 23.2 Å². The van der Waals surface area contributed by atoms with Crippen LogP contribution in [0.1, 0.15) is 45.6 Å². The molecule has 1 aromatic carbocycles. The average Bonchev–Trinajstić information content (AvgIpc) is 2.41. The van der Waals surface area contributed by atoms with Crippen LogP contribution in [0, 0.1) is 5.92 Å². The Balaban J connectivity index is 2.83. The van der Waals surface area contributed by atoms with Crippen molar-refractivity contribution in [2.75, 3.05) is 6.54 Å². The van der Waals surface area contributed by atoms with Gasteiger partial charge in [0, 0.05) is 16.1 Å². The molecule has 108 valence electrons. The van der Waals surface area contributed by atoms with Gasteiger partial charge in [-0.1, -0.05) is 56.8 Å². The standard InChI is InChI=1S/C16H25Cl2N/c1-4-9-19-16(12(5-2)6-3)11-13-10-14(17)7-8-15(13)18/h7-8,10,12,16,19H,4-6,9,11H2,1-3H3. The minimum absolute atomic E-state index is 0.478. The van der Waals surface area contributed by atoms with Crippen LogP contribution in [0.4, 0.5) is 0 Å². The van der Waals surface area contributed by atoms with Gasteiger partial charge in [0.2, 0.25) is 0 Å². The van der Waals surface area contributed by atoms with Crippen molar-refractivity contribution in [3.63, 3.8) is 0 Å². The third-order valence-corrected chi connectivity index (χ3v) is 4.33. The van der Waals surface area contributed by atoms with Gasteiger partial charge in [-0.25, -0.2) is 0 Å². The number of hydrogen-bond donors (Lipinski definition) is 1. The van der Waals surface area contributed by atoms with E-state index in [4.69, 9.17) is 23.2 Å². The molecule has 0 spiro atoms. The fourth-order valence-electron chi connectivity index (χ4n) is 2.53. The lowest BCUT2D eigenvalue weighted by atomic mass is 9.89. The van der Waals surface area contributed by atoms with E-state index < -0.39 is 0 Å². The van der Waals surface area contributed by atoms with Gasteiger partial charge in [-0.15, -0.1) is 0 Å². The zero-order chi connectivity index (χ0) is 14.3. The fraction of sp³-hybridized carbons (Fsp3) is 0.625. The van der Waals surface area contributed by atoms with Crippen LogP contribution in [-0.4, -0.2) is 12.6 Å². The van der Waals surface area contributed by atoms with Gasteiger partial charge in [0.25, 0.3) is 0 Å². The number of halogens is 2. The summed E-state index contributed by atoms with van der Waals surface area (Å²) in [5.41, 5.74) is 1.15. The van der Waals surface area contributed by atoms with E-state index in [2.05, 4.69) is 26.1 Å². The fourth-order valence-corrected chi connectivity index (χ4v) is 2.92. The van der Waals surface area contributed by atoms with E-state index >= 15 is 0 Å². The molecule has 1 rings (SSSR count). The van der Waals surface area contributed by atoms with Gasteiger partial charge in [-0.3, -0.25) is 0 Å². The van der Waals surface area contributed by atoms with Crippen molar-refractivity contribution < 1.29 is 0 Å². The molecule has 1 unspecified atom stereocenters. The summed E-state index contributed by atoms with van der Waals surface area (Å²) in [7, 11) is 0. The monoisotopic (exact) mass is 301 g/mol. The lowest BCUT2D eigenvalue weighted by molar-refractivity contribution is 0.332. The number of rotatable bonds is 8. The molecule has 0 bridgehead atoms. The average molecular weight is 302 g/mol. The Morgan fingerprint density at radius 2 is 1.79 bits per heavy atom. The minimum Gasteiger partial charge on any atom is -0.313 e. The minimum atomic E-state index is 0.478. The molecule has 0 saturated heterocycles. The second-order valence-electron chi connectivity index (χ2n) is 5.08. The summed E-state index contributed by atoms with van der Waals surface area (Å²) < 4.78 is 0. The van der Waals surface area contributed by atoms with Crippen LogP contribution in [0.5, 0.6) is 0 Å². The molecule has 1 aromatic rings. The predicted octanol–water partition coefficient (Wildman–Crippen LogP) is 5.34. The number of hydrogen-bond acceptors (Lipinski definition) is 1. The third-order valence-electron chi connectivity index (χ3n) is 3.72. The van der Waals surface area contributed by atoms with Gasteiger partial charge in [-0.05, 0) is 49.1 Å². The van der Waals surface area contributed by atoms with Crippen molar-refractivity contribution in [1.82, 2.24) is 5.32 Å². The summed E-state index contributed by atoms with van der Waals surface area (Å²) in [6.45, 7) is 7.77. The van der Waals surface area contributed by atoms with E-state index in [1.54, 1.807) is 0 Å². The highest BCUT2D eigenvalue weighted by molar-refractivity contribution is 6.33. The SMILES string of the molecule is CCCNC(Cc1cc(Cl)ccc1Cl)C(CC)CC. The van der Waals surface area contributed by atoms with Crippen LogP contribution in [-0.2, 0) is 6.42 Å². The van der Waals surface area contributed by atoms with E-state index in [9.17, 15) is 0 Å². The van der Waals surface area contributed by atoms with Crippen LogP contribution < -0.4 is 5.32 Å². The molecule has 0 heterocycles. The molecule has 0 aliphatic heterocycles. The summed E-state index contributed by atoms with van der Waals surface area (Å²) in [6, 6.07) is 6.21. The lowest BCUT2D eigenvalue weighted by Gasteiger charge is -2.27. The highest BCUT2D eigenvalue weighted by Crippen LogP contribution is 2.25. The first-order chi connectivity index (χ1) is 9.12. The van der Waals surface area contributed by atoms with Crippen molar-refractivity contribution in [3.05, 3.63) is 33.8 Å². The molecular formula is C16H25Cl2N. The number of benzene rings is 1. The largest absolute Gasteiger partial charge is 0.313 e. The second kappa shape index (κ2) is 8.84. The summed E-state index contributed by atoms with van der Waals surface area (Å²) >= 11 is 12.4. The first-order valence-electron chi connectivity index (χ1n) is 7.29. The number of nitrogens with one attached hydrogen (secondary N) is 1. The van der Waals surface area contributed by atoms with Crippen molar-refractivity contribution in [3.8, 4) is 0 Å². The Bertz CT molecular complexity index is 375. The molecule has 0 saturated carbocycles. The predicted molar refractivity (Wildman–Crippen MR) is 86.3 cm³/mol. The summed E-state index contributed by atoms with van der Waals surface area (Å²) in [4.78, 5) is 0. The topological polar surface area (TPSA) is 12.0 Å². The zero-order valence-electron chi connectivity index (χ0n) is 12.2. The highest BCUT2D eigenvalue weighted by atomic mass is 35.5. The normalized spacial score (nSPS) is 12.9.